The largest absolute Gasteiger partial charge is 0.497 e. The van der Waals surface area contributed by atoms with Gasteiger partial charge in [0.1, 0.15) is 11.8 Å². The number of H-pyrrole nitrogens is 1. The highest BCUT2D eigenvalue weighted by Crippen LogP contribution is 2.30. The van der Waals surface area contributed by atoms with Crippen molar-refractivity contribution >= 4 is 10.9 Å². The van der Waals surface area contributed by atoms with E-state index in [0.717, 1.165) is 33.3 Å². The Morgan fingerprint density at radius 2 is 1.89 bits per heavy atom. The molecule has 2 N–H and O–H groups in total. The number of hydrogen-bond acceptors (Lipinski definition) is 7. The van der Waals surface area contributed by atoms with Crippen LogP contribution in [-0.2, 0) is 6.54 Å². The molecule has 0 aliphatic carbocycles. The van der Waals surface area contributed by atoms with Crippen LogP contribution < -0.4 is 10.3 Å². The molecule has 35 heavy (non-hydrogen) atoms. The van der Waals surface area contributed by atoms with Gasteiger partial charge in [0.05, 0.1) is 19.8 Å². The minimum Gasteiger partial charge on any atom is -0.497 e. The van der Waals surface area contributed by atoms with Crippen molar-refractivity contribution in [3.63, 3.8) is 0 Å². The van der Waals surface area contributed by atoms with Gasteiger partial charge in [-0.2, -0.15) is 0 Å². The Morgan fingerprint density at radius 1 is 1.14 bits per heavy atom. The molecule has 1 unspecified atom stereocenters. The molecule has 0 spiro atoms. The molecule has 2 aromatic carbocycles. The molecule has 9 nitrogen and oxygen atoms in total. The fraction of sp³-hybridized carbons (Fsp3) is 0.385. The van der Waals surface area contributed by atoms with Gasteiger partial charge in [0.25, 0.3) is 5.56 Å². The van der Waals surface area contributed by atoms with Gasteiger partial charge in [-0.05, 0) is 78.1 Å². The van der Waals surface area contributed by atoms with Gasteiger partial charge in [-0.1, -0.05) is 18.2 Å². The van der Waals surface area contributed by atoms with Crippen LogP contribution in [0, 0.1) is 13.8 Å². The molecule has 0 radical (unpaired) electrons. The van der Waals surface area contributed by atoms with Gasteiger partial charge >= 0.3 is 0 Å². The first-order chi connectivity index (χ1) is 16.9. The first-order valence-electron chi connectivity index (χ1n) is 11.9. The average molecular weight is 475 g/mol. The number of aliphatic hydroxyl groups is 1. The number of hydrogen-bond donors (Lipinski definition) is 2. The Labute approximate surface area is 203 Å². The normalized spacial score (nSPS) is 16.0. The molecule has 0 amide bonds. The van der Waals surface area contributed by atoms with Gasteiger partial charge in [0.15, 0.2) is 5.82 Å². The lowest BCUT2D eigenvalue weighted by molar-refractivity contribution is 0.0659. The molecule has 2 aromatic heterocycles. The van der Waals surface area contributed by atoms with Crippen LogP contribution in [0.1, 0.15) is 47.0 Å². The van der Waals surface area contributed by atoms with E-state index < -0.39 is 6.04 Å². The molecule has 1 aliphatic heterocycles. The smallest absolute Gasteiger partial charge is 0.253 e. The number of piperidine rings is 1. The second-order valence-electron chi connectivity index (χ2n) is 9.31. The molecule has 1 fully saturated rings. The summed E-state index contributed by atoms with van der Waals surface area (Å²) in [4.78, 5) is 18.7. The van der Waals surface area contributed by atoms with E-state index in [2.05, 4.69) is 38.4 Å². The number of benzene rings is 2. The van der Waals surface area contributed by atoms with Gasteiger partial charge in [-0.25, -0.2) is 4.68 Å². The van der Waals surface area contributed by atoms with Crippen molar-refractivity contribution in [3.8, 4) is 5.75 Å². The quantitative estimate of drug-likeness (QED) is 0.442. The molecular formula is C26H30N6O3. The van der Waals surface area contributed by atoms with Gasteiger partial charge in [0, 0.05) is 29.6 Å². The number of ether oxygens (including phenoxy) is 1. The van der Waals surface area contributed by atoms with E-state index in [1.54, 1.807) is 11.8 Å². The maximum atomic E-state index is 13.4. The monoisotopic (exact) mass is 474 g/mol. The van der Waals surface area contributed by atoms with E-state index in [1.165, 1.54) is 0 Å². The summed E-state index contributed by atoms with van der Waals surface area (Å²) in [5.74, 6) is 1.38. The molecular weight excluding hydrogens is 444 g/mol. The summed E-state index contributed by atoms with van der Waals surface area (Å²) in [7, 11) is 1.64. The predicted octanol–water partition coefficient (Wildman–Crippen LogP) is 2.73. The molecule has 1 atom stereocenters. The Balaban J connectivity index is 1.60. The highest BCUT2D eigenvalue weighted by Gasteiger charge is 2.33. The fourth-order valence-electron chi connectivity index (χ4n) is 4.96. The number of likely N-dealkylation sites (tertiary alicyclic amines) is 1. The summed E-state index contributed by atoms with van der Waals surface area (Å²) in [5.41, 5.74) is 4.49. The molecule has 9 heteroatoms. The summed E-state index contributed by atoms with van der Waals surface area (Å²) >= 11 is 0. The molecule has 1 saturated heterocycles. The maximum absolute atomic E-state index is 13.4. The molecule has 3 heterocycles. The summed E-state index contributed by atoms with van der Waals surface area (Å²) in [6, 6.07) is 13.4. The lowest BCUT2D eigenvalue weighted by Crippen LogP contribution is -2.41. The van der Waals surface area contributed by atoms with E-state index in [9.17, 15) is 9.90 Å². The maximum Gasteiger partial charge on any atom is 0.253 e. The molecule has 182 valence electrons. The van der Waals surface area contributed by atoms with E-state index in [4.69, 9.17) is 4.74 Å². The zero-order valence-electron chi connectivity index (χ0n) is 20.2. The van der Waals surface area contributed by atoms with Crippen LogP contribution in [0.5, 0.6) is 5.75 Å². The second-order valence-corrected chi connectivity index (χ2v) is 9.31. The van der Waals surface area contributed by atoms with E-state index >= 15 is 0 Å². The lowest BCUT2D eigenvalue weighted by Gasteiger charge is -2.35. The van der Waals surface area contributed by atoms with Crippen LogP contribution in [0.2, 0.25) is 0 Å². The summed E-state index contributed by atoms with van der Waals surface area (Å²) in [6.07, 6.45) is 0.947. The van der Waals surface area contributed by atoms with Crippen LogP contribution >= 0.6 is 0 Å². The summed E-state index contributed by atoms with van der Waals surface area (Å²) in [5, 5.41) is 23.8. The molecule has 5 rings (SSSR count). The van der Waals surface area contributed by atoms with Crippen molar-refractivity contribution < 1.29 is 9.84 Å². The van der Waals surface area contributed by atoms with Gasteiger partial charge in [-0.3, -0.25) is 9.69 Å². The number of tetrazole rings is 1. The van der Waals surface area contributed by atoms with Crippen molar-refractivity contribution in [1.82, 2.24) is 30.1 Å². The van der Waals surface area contributed by atoms with Crippen LogP contribution in [0.4, 0.5) is 0 Å². The van der Waals surface area contributed by atoms with Gasteiger partial charge in [0.2, 0.25) is 0 Å². The number of aromatic nitrogens is 5. The molecule has 4 aromatic rings. The standard InChI is InChI=1S/C26H30N6O3/c1-16-12-17(2)21-14-22(26(34)27-23(21)13-16)24(31-10-8-19(33)9-11-31)25-28-29-30-32(25)15-18-4-6-20(35-3)7-5-18/h4-7,12-14,19,24,33H,8-11,15H2,1-3H3,(H,27,34). The van der Waals surface area contributed by atoms with Crippen molar-refractivity contribution in [2.24, 2.45) is 0 Å². The van der Waals surface area contributed by atoms with Crippen LogP contribution in [0.25, 0.3) is 10.9 Å². The van der Waals surface area contributed by atoms with Crippen molar-refractivity contribution in [2.75, 3.05) is 20.2 Å². The number of fused-ring (bicyclic) bond motifs is 1. The Hall–Kier alpha value is -3.56. The third-order valence-electron chi connectivity index (χ3n) is 6.80. The summed E-state index contributed by atoms with van der Waals surface area (Å²) < 4.78 is 7.02. The molecule has 1 aliphatic rings. The Kier molecular flexibility index (Phi) is 6.36. The minimum absolute atomic E-state index is 0.155. The number of methoxy groups -OCH3 is 1. The highest BCUT2D eigenvalue weighted by molar-refractivity contribution is 5.83. The zero-order chi connectivity index (χ0) is 24.5. The number of aromatic amines is 1. The average Bonchev–Trinajstić information content (AvgIpc) is 3.29. The first kappa shape index (κ1) is 23.2. The lowest BCUT2D eigenvalue weighted by atomic mass is 9.97. The van der Waals surface area contributed by atoms with Crippen LogP contribution in [0.15, 0.2) is 47.3 Å². The highest BCUT2D eigenvalue weighted by atomic mass is 16.5. The molecule has 0 saturated carbocycles. The number of pyridine rings is 1. The van der Waals surface area contributed by atoms with Crippen molar-refractivity contribution in [2.45, 2.75) is 45.4 Å². The Morgan fingerprint density at radius 3 is 2.60 bits per heavy atom. The van der Waals surface area contributed by atoms with Crippen molar-refractivity contribution in [1.29, 1.82) is 0 Å². The van der Waals surface area contributed by atoms with Gasteiger partial charge in [-0.15, -0.1) is 5.10 Å². The van der Waals surface area contributed by atoms with E-state index in [-0.39, 0.29) is 11.7 Å². The number of aryl methyl sites for hydroxylation is 2. The minimum atomic E-state index is -0.440. The third-order valence-corrected chi connectivity index (χ3v) is 6.80. The van der Waals surface area contributed by atoms with Crippen LogP contribution in [0.3, 0.4) is 0 Å². The number of nitrogens with one attached hydrogen (secondary N) is 1. The fourth-order valence-corrected chi connectivity index (χ4v) is 4.96. The van der Waals surface area contributed by atoms with Crippen molar-refractivity contribution in [3.05, 3.63) is 80.9 Å². The SMILES string of the molecule is COc1ccc(Cn2nnnc2C(c2cc3c(C)cc(C)cc3[nH]c2=O)N2CCC(O)CC2)cc1. The zero-order valence-corrected chi connectivity index (χ0v) is 20.2. The van der Waals surface area contributed by atoms with E-state index in [0.29, 0.717) is 43.9 Å². The topological polar surface area (TPSA) is 109 Å². The third kappa shape index (κ3) is 4.69. The first-order valence-corrected chi connectivity index (χ1v) is 11.9. The molecule has 0 bridgehead atoms. The second kappa shape index (κ2) is 9.59. The predicted molar refractivity (Wildman–Crippen MR) is 133 cm³/mol. The summed E-state index contributed by atoms with van der Waals surface area (Å²) in [6.45, 7) is 5.82. The van der Waals surface area contributed by atoms with Crippen LogP contribution in [-0.4, -0.2) is 61.5 Å². The van der Waals surface area contributed by atoms with E-state index in [1.807, 2.05) is 43.3 Å². The number of nitrogens with zero attached hydrogens (tertiary/aromatic N) is 5. The Bertz CT molecular complexity index is 1390. The van der Waals surface area contributed by atoms with Gasteiger partial charge < -0.3 is 14.8 Å². The number of aliphatic hydroxyl groups excluding tert-OH is 1. The number of rotatable bonds is 6.